The first kappa shape index (κ1) is 23.7. The van der Waals surface area contributed by atoms with Crippen molar-refractivity contribution in [2.45, 2.75) is 27.2 Å². The summed E-state index contributed by atoms with van der Waals surface area (Å²) in [5.41, 5.74) is 3.33. The van der Waals surface area contributed by atoms with Crippen LogP contribution in [0, 0.1) is 13.8 Å². The first-order chi connectivity index (χ1) is 16.3. The average molecular weight is 505 g/mol. The molecule has 7 nitrogen and oxygen atoms in total. The molecule has 2 aromatic carbocycles. The fraction of sp³-hybridized carbons (Fsp3) is 0.174. The fourth-order valence-electron chi connectivity index (χ4n) is 3.12. The molecule has 4 rings (SSSR count). The van der Waals surface area contributed by atoms with Crippen LogP contribution < -0.4 is 14.8 Å². The van der Waals surface area contributed by atoms with Gasteiger partial charge in [0.25, 0.3) is 5.91 Å². The maximum Gasteiger partial charge on any atom is 0.387 e. The summed E-state index contributed by atoms with van der Waals surface area (Å²) in [6.45, 7) is 1.05. The number of ether oxygens (including phenoxy) is 2. The first-order valence-corrected chi connectivity index (χ1v) is 11.3. The first-order valence-electron chi connectivity index (χ1n) is 10.0. The van der Waals surface area contributed by atoms with E-state index in [0.717, 1.165) is 11.1 Å². The van der Waals surface area contributed by atoms with Gasteiger partial charge in [-0.25, -0.2) is 9.67 Å². The predicted molar refractivity (Wildman–Crippen MR) is 126 cm³/mol. The van der Waals surface area contributed by atoms with Gasteiger partial charge in [0.15, 0.2) is 17.6 Å². The average Bonchev–Trinajstić information content (AvgIpc) is 3.46. The molecule has 0 radical (unpaired) electrons. The number of nitrogens with one attached hydrogen (secondary N) is 1. The van der Waals surface area contributed by atoms with Crippen LogP contribution in [0.15, 0.2) is 54.0 Å². The number of hydrogen-bond acceptors (Lipinski definition) is 6. The van der Waals surface area contributed by atoms with Crippen molar-refractivity contribution >= 4 is 34.0 Å². The number of carbonyl (C=O) groups excluding carboxylic acids is 1. The van der Waals surface area contributed by atoms with Gasteiger partial charge in [-0.1, -0.05) is 11.6 Å². The Kier molecular flexibility index (Phi) is 7.09. The summed E-state index contributed by atoms with van der Waals surface area (Å²) >= 11 is 7.41. The van der Waals surface area contributed by atoms with Crippen LogP contribution in [0.4, 0.5) is 13.9 Å². The summed E-state index contributed by atoms with van der Waals surface area (Å²) in [5.74, 6) is 0.298. The molecule has 0 atom stereocenters. The van der Waals surface area contributed by atoms with E-state index in [1.165, 1.54) is 28.2 Å². The molecule has 176 valence electrons. The Balaban J connectivity index is 1.35. The largest absolute Gasteiger partial charge is 0.471 e. The highest BCUT2D eigenvalue weighted by molar-refractivity contribution is 7.14. The lowest BCUT2D eigenvalue weighted by Gasteiger charge is -2.10. The van der Waals surface area contributed by atoms with Crippen molar-refractivity contribution in [1.29, 1.82) is 0 Å². The van der Waals surface area contributed by atoms with Gasteiger partial charge in [-0.15, -0.1) is 11.3 Å². The minimum Gasteiger partial charge on any atom is -0.471 e. The van der Waals surface area contributed by atoms with E-state index < -0.39 is 12.5 Å². The maximum atomic E-state index is 12.6. The molecular formula is C23H19ClF2N4O3S. The Morgan fingerprint density at radius 3 is 2.53 bits per heavy atom. The van der Waals surface area contributed by atoms with Gasteiger partial charge < -0.3 is 9.47 Å². The number of thiazole rings is 1. The Hall–Kier alpha value is -3.50. The Morgan fingerprint density at radius 2 is 1.85 bits per heavy atom. The summed E-state index contributed by atoms with van der Waals surface area (Å²) in [6, 6.07) is 11.3. The molecule has 0 aliphatic heterocycles. The third-order valence-corrected chi connectivity index (χ3v) is 6.10. The van der Waals surface area contributed by atoms with Gasteiger partial charge in [0, 0.05) is 22.2 Å². The molecule has 0 spiro atoms. The van der Waals surface area contributed by atoms with Crippen LogP contribution in [-0.4, -0.2) is 27.3 Å². The summed E-state index contributed by atoms with van der Waals surface area (Å²) in [6.07, 6.45) is 1.64. The molecule has 0 aliphatic rings. The molecule has 0 saturated carbocycles. The topological polar surface area (TPSA) is 78.3 Å². The highest BCUT2D eigenvalue weighted by Gasteiger charge is 2.14. The Labute approximate surface area is 202 Å². The number of nitrogens with zero attached hydrogens (tertiary/aromatic N) is 3. The van der Waals surface area contributed by atoms with Gasteiger partial charge >= 0.3 is 6.61 Å². The second-order valence-corrected chi connectivity index (χ2v) is 8.52. The van der Waals surface area contributed by atoms with Gasteiger partial charge in [0.1, 0.15) is 11.5 Å². The van der Waals surface area contributed by atoms with E-state index in [9.17, 15) is 13.6 Å². The normalized spacial score (nSPS) is 11.0. The lowest BCUT2D eigenvalue weighted by molar-refractivity contribution is -0.0498. The van der Waals surface area contributed by atoms with E-state index in [4.69, 9.17) is 16.3 Å². The van der Waals surface area contributed by atoms with Crippen LogP contribution in [-0.2, 0) is 6.73 Å². The second kappa shape index (κ2) is 10.2. The van der Waals surface area contributed by atoms with Crippen LogP contribution in [0.1, 0.15) is 21.6 Å². The maximum absolute atomic E-state index is 12.6. The van der Waals surface area contributed by atoms with E-state index in [1.54, 1.807) is 29.8 Å². The van der Waals surface area contributed by atoms with Crippen LogP contribution in [0.2, 0.25) is 5.02 Å². The van der Waals surface area contributed by atoms with Gasteiger partial charge in [0.05, 0.1) is 5.69 Å². The van der Waals surface area contributed by atoms with Gasteiger partial charge in [-0.3, -0.25) is 10.1 Å². The number of halogens is 3. The van der Waals surface area contributed by atoms with E-state index in [-0.39, 0.29) is 18.2 Å². The van der Waals surface area contributed by atoms with Crippen molar-refractivity contribution in [1.82, 2.24) is 14.8 Å². The van der Waals surface area contributed by atoms with E-state index >= 15 is 0 Å². The number of benzene rings is 2. The van der Waals surface area contributed by atoms with Crippen LogP contribution in [0.3, 0.4) is 0 Å². The summed E-state index contributed by atoms with van der Waals surface area (Å²) in [4.78, 5) is 16.9. The predicted octanol–water partition coefficient (Wildman–Crippen LogP) is 6.17. The van der Waals surface area contributed by atoms with Gasteiger partial charge in [-0.2, -0.15) is 13.9 Å². The fourth-order valence-corrected chi connectivity index (χ4v) is 3.94. The monoisotopic (exact) mass is 504 g/mol. The van der Waals surface area contributed by atoms with Crippen molar-refractivity contribution in [2.75, 3.05) is 5.32 Å². The number of anilines is 1. The zero-order valence-corrected chi connectivity index (χ0v) is 19.7. The highest BCUT2D eigenvalue weighted by Crippen LogP contribution is 2.28. The molecule has 34 heavy (non-hydrogen) atoms. The second-order valence-electron chi connectivity index (χ2n) is 7.28. The van der Waals surface area contributed by atoms with Crippen LogP contribution >= 0.6 is 22.9 Å². The number of rotatable bonds is 8. The summed E-state index contributed by atoms with van der Waals surface area (Å²) in [7, 11) is 0. The van der Waals surface area contributed by atoms with Crippen molar-refractivity contribution in [3.8, 4) is 22.8 Å². The molecular weight excluding hydrogens is 486 g/mol. The lowest BCUT2D eigenvalue weighted by atomic mass is 10.1. The van der Waals surface area contributed by atoms with Crippen LogP contribution in [0.5, 0.6) is 11.5 Å². The minimum atomic E-state index is -2.88. The molecule has 2 aromatic heterocycles. The molecule has 1 amide bonds. The lowest BCUT2D eigenvalue weighted by Crippen LogP contribution is -2.14. The highest BCUT2D eigenvalue weighted by atomic mass is 35.5. The molecule has 0 aliphatic carbocycles. The Bertz CT molecular complexity index is 1280. The third-order valence-electron chi connectivity index (χ3n) is 4.75. The minimum absolute atomic E-state index is 0.0587. The molecule has 0 unspecified atom stereocenters. The molecule has 11 heteroatoms. The van der Waals surface area contributed by atoms with Gasteiger partial charge in [0.2, 0.25) is 0 Å². The molecule has 1 N–H and O–H groups in total. The number of alkyl halides is 2. The Morgan fingerprint density at radius 1 is 1.15 bits per heavy atom. The zero-order chi connectivity index (χ0) is 24.2. The van der Waals surface area contributed by atoms with Crippen molar-refractivity contribution in [2.24, 2.45) is 0 Å². The van der Waals surface area contributed by atoms with Crippen molar-refractivity contribution in [3.05, 3.63) is 75.9 Å². The number of amides is 1. The molecule has 0 bridgehead atoms. The van der Waals surface area contributed by atoms with Gasteiger partial charge in [-0.05, 0) is 67.4 Å². The number of aromatic nitrogens is 3. The van der Waals surface area contributed by atoms with Crippen molar-refractivity contribution in [3.63, 3.8) is 0 Å². The summed E-state index contributed by atoms with van der Waals surface area (Å²) < 4.78 is 36.2. The van der Waals surface area contributed by atoms with Crippen LogP contribution in [0.25, 0.3) is 11.3 Å². The molecule has 2 heterocycles. The molecule has 4 aromatic rings. The number of aryl methyl sites for hydroxylation is 2. The quantitative estimate of drug-likeness (QED) is 0.310. The smallest absolute Gasteiger partial charge is 0.387 e. The van der Waals surface area contributed by atoms with Crippen molar-refractivity contribution < 1.29 is 23.0 Å². The molecule has 0 saturated heterocycles. The third kappa shape index (κ3) is 5.70. The zero-order valence-electron chi connectivity index (χ0n) is 18.1. The van der Waals surface area contributed by atoms with E-state index in [0.29, 0.717) is 27.2 Å². The number of hydrogen-bond donors (Lipinski definition) is 1. The SMILES string of the molecule is Cc1cc(OCn2ccc(C(=O)Nc3nc(-c4ccc(OC(F)F)cc4)cs3)n2)cc(C)c1Cl. The standard InChI is InChI=1S/C23H19ClF2N4O3S/c1-13-9-17(10-14(2)20(13)24)32-12-30-8-7-18(29-30)21(31)28-23-27-19(11-34-23)15-3-5-16(6-4-15)33-22(25)26/h3-11,22H,12H2,1-2H3,(H,27,28,31). The van der Waals surface area contributed by atoms with E-state index in [2.05, 4.69) is 20.1 Å². The summed E-state index contributed by atoms with van der Waals surface area (Å²) in [5, 5.41) is 9.78. The molecule has 0 fully saturated rings. The number of carbonyl (C=O) groups is 1. The van der Waals surface area contributed by atoms with E-state index in [1.807, 2.05) is 26.0 Å².